The van der Waals surface area contributed by atoms with Gasteiger partial charge in [0.05, 0.1) is 16.9 Å². The molecule has 0 aliphatic carbocycles. The Morgan fingerprint density at radius 1 is 0.976 bits per heavy atom. The van der Waals surface area contributed by atoms with Gasteiger partial charge in [0.25, 0.3) is 5.69 Å². The highest BCUT2D eigenvalue weighted by Gasteiger charge is 2.34. The molecule has 0 saturated carbocycles. The molecule has 1 atom stereocenters. The highest BCUT2D eigenvalue weighted by atomic mass is 79.9. The van der Waals surface area contributed by atoms with Crippen molar-refractivity contribution in [2.45, 2.75) is 45.3 Å². The van der Waals surface area contributed by atoms with Crippen molar-refractivity contribution in [3.05, 3.63) is 105 Å². The molecule has 1 N–H and O–H groups in total. The summed E-state index contributed by atoms with van der Waals surface area (Å²) in [6, 6.07) is 20.5. The summed E-state index contributed by atoms with van der Waals surface area (Å²) in [5.74, 6) is -1.04. The predicted molar refractivity (Wildman–Crippen MR) is 162 cm³/mol. The lowest BCUT2D eigenvalue weighted by molar-refractivity contribution is -0.384. The zero-order valence-electron chi connectivity index (χ0n) is 23.3. The number of carbonyl (C=O) groups excluding carboxylic acids is 2. The second-order valence-electron chi connectivity index (χ2n) is 10.6. The SMILES string of the molecule is CC(C)(C)NC(=O)[C@@H](Cc1ccccc1)N(Cc1ccc(Br)cc1)C(=O)CN(c1cccc([N+](=O)[O-])c1)S(C)(=O)=O. The number of non-ortho nitro benzene ring substituents is 1. The summed E-state index contributed by atoms with van der Waals surface area (Å²) >= 11 is 3.40. The zero-order valence-corrected chi connectivity index (χ0v) is 25.7. The van der Waals surface area contributed by atoms with Crippen molar-refractivity contribution in [3.8, 4) is 0 Å². The van der Waals surface area contributed by atoms with Gasteiger partial charge in [0, 0.05) is 35.1 Å². The minimum absolute atomic E-state index is 0.0215. The molecule has 0 unspecified atom stereocenters. The standard InChI is InChI=1S/C29H33BrN4O6S/c1-29(2,3)31-28(36)26(17-21-9-6-5-7-10-21)32(19-22-13-15-23(30)16-14-22)27(35)20-33(41(4,39)40)24-11-8-12-25(18-24)34(37)38/h5-16,18,26H,17,19-20H2,1-4H3,(H,31,36)/t26-/m1/s1. The summed E-state index contributed by atoms with van der Waals surface area (Å²) in [7, 11) is -4.04. The Labute approximate surface area is 248 Å². The number of anilines is 1. The first kappa shape index (κ1) is 31.8. The number of rotatable bonds is 11. The van der Waals surface area contributed by atoms with Gasteiger partial charge >= 0.3 is 0 Å². The summed E-state index contributed by atoms with van der Waals surface area (Å²) < 4.78 is 27.4. The Morgan fingerprint density at radius 2 is 1.61 bits per heavy atom. The van der Waals surface area contributed by atoms with Crippen molar-refractivity contribution >= 4 is 49.1 Å². The van der Waals surface area contributed by atoms with Crippen molar-refractivity contribution in [3.63, 3.8) is 0 Å². The van der Waals surface area contributed by atoms with Gasteiger partial charge in [0.2, 0.25) is 21.8 Å². The van der Waals surface area contributed by atoms with Crippen LogP contribution in [0.1, 0.15) is 31.9 Å². The van der Waals surface area contributed by atoms with Crippen LogP contribution in [-0.4, -0.2) is 54.4 Å². The van der Waals surface area contributed by atoms with Crippen LogP contribution in [0.5, 0.6) is 0 Å². The fourth-order valence-electron chi connectivity index (χ4n) is 4.17. The topological polar surface area (TPSA) is 130 Å². The Bertz CT molecular complexity index is 1490. The van der Waals surface area contributed by atoms with Gasteiger partial charge < -0.3 is 10.2 Å². The number of nitrogens with one attached hydrogen (secondary N) is 1. The van der Waals surface area contributed by atoms with Crippen LogP contribution in [0.15, 0.2) is 83.3 Å². The molecule has 0 spiro atoms. The molecule has 41 heavy (non-hydrogen) atoms. The van der Waals surface area contributed by atoms with E-state index in [0.29, 0.717) is 0 Å². The molecule has 10 nitrogen and oxygen atoms in total. The minimum Gasteiger partial charge on any atom is -0.350 e. The number of hydrogen-bond acceptors (Lipinski definition) is 6. The van der Waals surface area contributed by atoms with E-state index in [9.17, 15) is 28.1 Å². The highest BCUT2D eigenvalue weighted by Crippen LogP contribution is 2.24. The van der Waals surface area contributed by atoms with Crippen LogP contribution in [0.3, 0.4) is 0 Å². The van der Waals surface area contributed by atoms with Crippen LogP contribution in [0.4, 0.5) is 11.4 Å². The van der Waals surface area contributed by atoms with Crippen molar-refractivity contribution in [1.82, 2.24) is 10.2 Å². The van der Waals surface area contributed by atoms with Crippen LogP contribution in [0, 0.1) is 10.1 Å². The molecule has 3 rings (SSSR count). The molecule has 12 heteroatoms. The molecule has 0 bridgehead atoms. The average molecular weight is 646 g/mol. The third-order valence-corrected chi connectivity index (χ3v) is 7.71. The molecule has 3 aromatic carbocycles. The molecule has 218 valence electrons. The number of halogens is 1. The van der Waals surface area contributed by atoms with Crippen molar-refractivity contribution < 1.29 is 22.9 Å². The predicted octanol–water partition coefficient (Wildman–Crippen LogP) is 4.68. The Balaban J connectivity index is 2.09. The van der Waals surface area contributed by atoms with Gasteiger partial charge in [-0.25, -0.2) is 8.42 Å². The lowest BCUT2D eigenvalue weighted by Gasteiger charge is -2.35. The Kier molecular flexibility index (Phi) is 10.3. The third-order valence-electron chi connectivity index (χ3n) is 6.04. The maximum Gasteiger partial charge on any atom is 0.271 e. The molecule has 0 saturated heterocycles. The second-order valence-corrected chi connectivity index (χ2v) is 13.5. The van der Waals surface area contributed by atoms with E-state index in [2.05, 4.69) is 21.2 Å². The van der Waals surface area contributed by atoms with E-state index in [1.54, 1.807) is 12.1 Å². The van der Waals surface area contributed by atoms with E-state index < -0.39 is 44.9 Å². The largest absolute Gasteiger partial charge is 0.350 e. The van der Waals surface area contributed by atoms with Crippen molar-refractivity contribution in [1.29, 1.82) is 0 Å². The van der Waals surface area contributed by atoms with Crippen LogP contribution < -0.4 is 9.62 Å². The number of nitro benzene ring substituents is 1. The first-order valence-corrected chi connectivity index (χ1v) is 15.4. The van der Waals surface area contributed by atoms with E-state index in [1.165, 1.54) is 23.1 Å². The van der Waals surface area contributed by atoms with Crippen molar-refractivity contribution in [2.24, 2.45) is 0 Å². The number of carbonyl (C=O) groups is 2. The van der Waals surface area contributed by atoms with E-state index in [0.717, 1.165) is 32.2 Å². The van der Waals surface area contributed by atoms with Gasteiger partial charge in [-0.05, 0) is 50.1 Å². The third kappa shape index (κ3) is 9.39. The number of sulfonamides is 1. The summed E-state index contributed by atoms with van der Waals surface area (Å²) in [5, 5.41) is 14.3. The van der Waals surface area contributed by atoms with Crippen LogP contribution in [0.2, 0.25) is 0 Å². The van der Waals surface area contributed by atoms with Crippen LogP contribution in [0.25, 0.3) is 0 Å². The molecule has 0 radical (unpaired) electrons. The smallest absolute Gasteiger partial charge is 0.271 e. The van der Waals surface area contributed by atoms with Crippen LogP contribution in [-0.2, 0) is 32.6 Å². The van der Waals surface area contributed by atoms with Gasteiger partial charge in [-0.2, -0.15) is 0 Å². The average Bonchev–Trinajstić information content (AvgIpc) is 2.89. The Hall–Kier alpha value is -3.77. The summed E-state index contributed by atoms with van der Waals surface area (Å²) in [4.78, 5) is 39.8. The van der Waals surface area contributed by atoms with Gasteiger partial charge in [-0.3, -0.25) is 24.0 Å². The lowest BCUT2D eigenvalue weighted by Crippen LogP contribution is -2.56. The van der Waals surface area contributed by atoms with E-state index in [1.807, 2.05) is 63.2 Å². The number of hydrogen-bond donors (Lipinski definition) is 1. The molecule has 3 aromatic rings. The number of nitrogens with zero attached hydrogens (tertiary/aromatic N) is 3. The molecular formula is C29H33BrN4O6S. The number of nitro groups is 1. The molecule has 0 aromatic heterocycles. The molecule has 0 heterocycles. The quantitative estimate of drug-likeness (QED) is 0.238. The number of benzene rings is 3. The van der Waals surface area contributed by atoms with Crippen molar-refractivity contribution in [2.75, 3.05) is 17.1 Å². The maximum absolute atomic E-state index is 14.1. The highest BCUT2D eigenvalue weighted by molar-refractivity contribution is 9.10. The first-order valence-electron chi connectivity index (χ1n) is 12.8. The summed E-state index contributed by atoms with van der Waals surface area (Å²) in [6.45, 7) is 4.86. The number of amides is 2. The monoisotopic (exact) mass is 644 g/mol. The lowest BCUT2D eigenvalue weighted by atomic mass is 10.0. The zero-order chi connectivity index (χ0) is 30.4. The summed E-state index contributed by atoms with van der Waals surface area (Å²) in [5.41, 5.74) is 0.595. The van der Waals surface area contributed by atoms with Gasteiger partial charge in [-0.1, -0.05) is 64.5 Å². The van der Waals surface area contributed by atoms with E-state index in [4.69, 9.17) is 0 Å². The van der Waals surface area contributed by atoms with E-state index in [-0.39, 0.29) is 24.3 Å². The Morgan fingerprint density at radius 3 is 2.17 bits per heavy atom. The van der Waals surface area contributed by atoms with Crippen LogP contribution >= 0.6 is 15.9 Å². The molecule has 0 aliphatic rings. The minimum atomic E-state index is -4.04. The fraction of sp³-hybridized carbons (Fsp3) is 0.310. The molecular weight excluding hydrogens is 612 g/mol. The van der Waals surface area contributed by atoms with Gasteiger partial charge in [-0.15, -0.1) is 0 Å². The van der Waals surface area contributed by atoms with Gasteiger partial charge in [0.15, 0.2) is 0 Å². The molecule has 0 fully saturated rings. The van der Waals surface area contributed by atoms with Gasteiger partial charge in [0.1, 0.15) is 12.6 Å². The fourth-order valence-corrected chi connectivity index (χ4v) is 5.27. The maximum atomic E-state index is 14.1. The second kappa shape index (κ2) is 13.3. The molecule has 2 amide bonds. The normalized spacial score (nSPS) is 12.3. The molecule has 0 aliphatic heterocycles. The van der Waals surface area contributed by atoms with E-state index >= 15 is 0 Å². The first-order chi connectivity index (χ1) is 19.1. The summed E-state index contributed by atoms with van der Waals surface area (Å²) in [6.07, 6.45) is 1.10.